The maximum absolute atomic E-state index is 12.7. The van der Waals surface area contributed by atoms with Crippen LogP contribution in [0.1, 0.15) is 5.56 Å². The first-order valence-corrected chi connectivity index (χ1v) is 5.25. The second-order valence-corrected chi connectivity index (χ2v) is 3.76. The lowest BCUT2D eigenvalue weighted by molar-refractivity contribution is 0.503. The molecule has 0 saturated heterocycles. The van der Waals surface area contributed by atoms with Crippen LogP contribution in [0, 0.1) is 5.82 Å². The van der Waals surface area contributed by atoms with Gasteiger partial charge in [0.1, 0.15) is 11.7 Å². The highest BCUT2D eigenvalue weighted by Gasteiger charge is 2.06. The van der Waals surface area contributed by atoms with E-state index in [0.717, 1.165) is 24.5 Å². The second-order valence-electron chi connectivity index (χ2n) is 3.76. The smallest absolute Gasteiger partial charge is 0.141 e. The molecule has 1 aliphatic heterocycles. The van der Waals surface area contributed by atoms with Crippen LogP contribution in [-0.4, -0.2) is 37.1 Å². The lowest BCUT2D eigenvalue weighted by atomic mass is 10.2. The SMILES string of the molecule is CN(Cc1ccc(F)cc1)C1=NCCN=C1. The largest absolute Gasteiger partial charge is 0.354 e. The van der Waals surface area contributed by atoms with Gasteiger partial charge in [-0.15, -0.1) is 0 Å². The molecule has 1 aromatic rings. The number of nitrogens with zero attached hydrogens (tertiary/aromatic N) is 3. The minimum atomic E-state index is -0.206. The zero-order valence-electron chi connectivity index (χ0n) is 9.23. The molecule has 3 nitrogen and oxygen atoms in total. The lowest BCUT2D eigenvalue weighted by Crippen LogP contribution is -2.29. The van der Waals surface area contributed by atoms with E-state index in [4.69, 9.17) is 0 Å². The van der Waals surface area contributed by atoms with Crippen LogP contribution >= 0.6 is 0 Å². The van der Waals surface area contributed by atoms with Gasteiger partial charge < -0.3 is 4.90 Å². The van der Waals surface area contributed by atoms with E-state index >= 15 is 0 Å². The van der Waals surface area contributed by atoms with Gasteiger partial charge in [0.2, 0.25) is 0 Å². The van der Waals surface area contributed by atoms with E-state index in [1.54, 1.807) is 18.3 Å². The molecule has 1 aliphatic rings. The number of rotatable bonds is 2. The molecule has 1 heterocycles. The van der Waals surface area contributed by atoms with Gasteiger partial charge in [-0.2, -0.15) is 0 Å². The van der Waals surface area contributed by atoms with E-state index in [1.165, 1.54) is 12.1 Å². The first-order chi connectivity index (χ1) is 7.75. The average molecular weight is 219 g/mol. The molecule has 4 heteroatoms. The van der Waals surface area contributed by atoms with Crippen molar-refractivity contribution < 1.29 is 4.39 Å². The van der Waals surface area contributed by atoms with E-state index in [-0.39, 0.29) is 5.82 Å². The Morgan fingerprint density at radius 2 is 2.00 bits per heavy atom. The summed E-state index contributed by atoms with van der Waals surface area (Å²) in [6, 6.07) is 6.51. The van der Waals surface area contributed by atoms with Crippen LogP contribution in [0.15, 0.2) is 34.3 Å². The van der Waals surface area contributed by atoms with Crippen LogP contribution in [0.3, 0.4) is 0 Å². The van der Waals surface area contributed by atoms with Crippen LogP contribution < -0.4 is 0 Å². The van der Waals surface area contributed by atoms with Gasteiger partial charge in [0, 0.05) is 13.6 Å². The maximum Gasteiger partial charge on any atom is 0.141 e. The monoisotopic (exact) mass is 219 g/mol. The van der Waals surface area contributed by atoms with E-state index in [9.17, 15) is 4.39 Å². The number of aliphatic imine (C=N–C) groups is 2. The molecular formula is C12H14FN3. The molecule has 0 saturated carbocycles. The summed E-state index contributed by atoms with van der Waals surface area (Å²) in [7, 11) is 1.96. The molecule has 2 rings (SSSR count). The maximum atomic E-state index is 12.7. The Kier molecular flexibility index (Phi) is 3.29. The van der Waals surface area contributed by atoms with Gasteiger partial charge in [0.05, 0.1) is 19.3 Å². The summed E-state index contributed by atoms with van der Waals surface area (Å²) in [5, 5.41) is 0. The van der Waals surface area contributed by atoms with Crippen molar-refractivity contribution in [3.05, 3.63) is 35.6 Å². The summed E-state index contributed by atoms with van der Waals surface area (Å²) >= 11 is 0. The Balaban J connectivity index is 2.01. The van der Waals surface area contributed by atoms with Crippen LogP contribution in [0.5, 0.6) is 0 Å². The molecule has 84 valence electrons. The van der Waals surface area contributed by atoms with Crippen molar-refractivity contribution in [2.45, 2.75) is 6.54 Å². The Labute approximate surface area is 94.3 Å². The summed E-state index contributed by atoms with van der Waals surface area (Å²) in [6.45, 7) is 2.23. The second kappa shape index (κ2) is 4.88. The highest BCUT2D eigenvalue weighted by molar-refractivity contribution is 6.29. The fraction of sp³-hybridized carbons (Fsp3) is 0.333. The Hall–Kier alpha value is -1.71. The molecule has 1 aromatic carbocycles. The minimum absolute atomic E-state index is 0.206. The van der Waals surface area contributed by atoms with Gasteiger partial charge >= 0.3 is 0 Å². The number of amidine groups is 1. The third kappa shape index (κ3) is 2.66. The van der Waals surface area contributed by atoms with Crippen molar-refractivity contribution in [1.82, 2.24) is 4.90 Å². The van der Waals surface area contributed by atoms with Crippen molar-refractivity contribution in [2.24, 2.45) is 9.98 Å². The fourth-order valence-electron chi connectivity index (χ4n) is 1.57. The third-order valence-electron chi connectivity index (χ3n) is 2.43. The summed E-state index contributed by atoms with van der Waals surface area (Å²) in [5.74, 6) is 0.679. The third-order valence-corrected chi connectivity index (χ3v) is 2.43. The Bertz CT molecular complexity index is 409. The summed E-state index contributed by atoms with van der Waals surface area (Å²) in [6.07, 6.45) is 1.78. The van der Waals surface area contributed by atoms with Gasteiger partial charge in [-0.1, -0.05) is 12.1 Å². The first kappa shape index (κ1) is 10.8. The van der Waals surface area contributed by atoms with Gasteiger partial charge in [-0.3, -0.25) is 9.98 Å². The number of hydrogen-bond donors (Lipinski definition) is 0. The van der Waals surface area contributed by atoms with E-state index in [0.29, 0.717) is 6.54 Å². The lowest BCUT2D eigenvalue weighted by Gasteiger charge is -2.20. The molecule has 0 bridgehead atoms. The summed E-state index contributed by atoms with van der Waals surface area (Å²) < 4.78 is 12.7. The van der Waals surface area contributed by atoms with E-state index < -0.39 is 0 Å². The van der Waals surface area contributed by atoms with Crippen molar-refractivity contribution in [2.75, 3.05) is 20.1 Å². The highest BCUT2D eigenvalue weighted by Crippen LogP contribution is 2.06. The van der Waals surface area contributed by atoms with E-state index in [2.05, 4.69) is 9.98 Å². The van der Waals surface area contributed by atoms with Crippen molar-refractivity contribution in [3.63, 3.8) is 0 Å². The quantitative estimate of drug-likeness (QED) is 0.744. The highest BCUT2D eigenvalue weighted by atomic mass is 19.1. The standard InChI is InChI=1S/C12H14FN3/c1-16(12-8-14-6-7-15-12)9-10-2-4-11(13)5-3-10/h2-5,8H,6-7,9H2,1H3. The van der Waals surface area contributed by atoms with Gasteiger partial charge in [0.25, 0.3) is 0 Å². The van der Waals surface area contributed by atoms with Crippen LogP contribution in [0.25, 0.3) is 0 Å². The van der Waals surface area contributed by atoms with Crippen molar-refractivity contribution in [1.29, 1.82) is 0 Å². The van der Waals surface area contributed by atoms with Crippen LogP contribution in [-0.2, 0) is 6.54 Å². The normalized spacial score (nSPS) is 14.8. The van der Waals surface area contributed by atoms with Gasteiger partial charge in [-0.25, -0.2) is 4.39 Å². The molecule has 0 N–H and O–H groups in total. The molecule has 0 unspecified atom stereocenters. The molecule has 0 amide bonds. The van der Waals surface area contributed by atoms with Gasteiger partial charge in [-0.05, 0) is 17.7 Å². The molecule has 0 aliphatic carbocycles. The topological polar surface area (TPSA) is 28.0 Å². The zero-order valence-corrected chi connectivity index (χ0v) is 9.23. The van der Waals surface area contributed by atoms with Crippen molar-refractivity contribution in [3.8, 4) is 0 Å². The predicted octanol–water partition coefficient (Wildman–Crippen LogP) is 1.74. The number of hydrogen-bond acceptors (Lipinski definition) is 3. The van der Waals surface area contributed by atoms with Crippen LogP contribution in [0.4, 0.5) is 4.39 Å². The van der Waals surface area contributed by atoms with Crippen LogP contribution in [0.2, 0.25) is 0 Å². The molecule has 0 spiro atoms. The number of halogens is 1. The van der Waals surface area contributed by atoms with Gasteiger partial charge in [0.15, 0.2) is 0 Å². The molecular weight excluding hydrogens is 205 g/mol. The van der Waals surface area contributed by atoms with E-state index in [1.807, 2.05) is 11.9 Å². The Morgan fingerprint density at radius 1 is 1.25 bits per heavy atom. The fourth-order valence-corrected chi connectivity index (χ4v) is 1.57. The zero-order chi connectivity index (χ0) is 11.4. The first-order valence-electron chi connectivity index (χ1n) is 5.25. The molecule has 0 aromatic heterocycles. The predicted molar refractivity (Wildman–Crippen MR) is 63.5 cm³/mol. The molecule has 16 heavy (non-hydrogen) atoms. The minimum Gasteiger partial charge on any atom is -0.354 e. The molecule has 0 radical (unpaired) electrons. The molecule has 0 atom stereocenters. The summed E-state index contributed by atoms with van der Waals surface area (Å²) in [5.41, 5.74) is 1.06. The molecule has 0 fully saturated rings. The number of benzene rings is 1. The average Bonchev–Trinajstić information content (AvgIpc) is 2.33. The summed E-state index contributed by atoms with van der Waals surface area (Å²) in [4.78, 5) is 10.5. The van der Waals surface area contributed by atoms with Crippen molar-refractivity contribution >= 4 is 12.1 Å². The Morgan fingerprint density at radius 3 is 2.62 bits per heavy atom.